The lowest BCUT2D eigenvalue weighted by atomic mass is 9.85. The molecule has 2 aromatic heterocycles. The van der Waals surface area contributed by atoms with Gasteiger partial charge >= 0.3 is 0 Å². The molecule has 3 aromatic rings. The van der Waals surface area contributed by atoms with Crippen molar-refractivity contribution in [3.8, 4) is 11.8 Å². The van der Waals surface area contributed by atoms with Gasteiger partial charge < -0.3 is 15.5 Å². The Morgan fingerprint density at radius 1 is 0.968 bits per heavy atom. The Hall–Kier alpha value is -3.28. The quantitative estimate of drug-likeness (QED) is 0.528. The van der Waals surface area contributed by atoms with Crippen LogP contribution in [0.1, 0.15) is 61.1 Å². The topological polar surface area (TPSA) is 87.4 Å². The fourth-order valence-electron chi connectivity index (χ4n) is 5.84. The van der Waals surface area contributed by atoms with Gasteiger partial charge in [0.1, 0.15) is 0 Å². The van der Waals surface area contributed by atoms with E-state index in [1.54, 1.807) is 10.8 Å². The summed E-state index contributed by atoms with van der Waals surface area (Å²) >= 11 is 0. The van der Waals surface area contributed by atoms with Crippen molar-refractivity contribution in [1.29, 1.82) is 0 Å². The first-order chi connectivity index (χ1) is 15.1. The number of aromatic nitrogens is 2. The molecule has 0 spiro atoms. The minimum Gasteiger partial charge on any atom is -0.494 e. The van der Waals surface area contributed by atoms with Crippen molar-refractivity contribution >= 4 is 22.5 Å². The Labute approximate surface area is 180 Å². The van der Waals surface area contributed by atoms with Crippen molar-refractivity contribution < 1.29 is 15.0 Å². The number of hydrogen-bond donors (Lipinski definition) is 3. The number of nitrogens with zero attached hydrogens (tertiary/aromatic N) is 2. The highest BCUT2D eigenvalue weighted by atomic mass is 16.3. The van der Waals surface area contributed by atoms with Crippen molar-refractivity contribution in [3.05, 3.63) is 59.8 Å². The van der Waals surface area contributed by atoms with Gasteiger partial charge in [-0.25, -0.2) is 0 Å². The summed E-state index contributed by atoms with van der Waals surface area (Å²) in [4.78, 5) is 17.4. The second-order valence-corrected chi connectivity index (χ2v) is 9.05. The lowest BCUT2D eigenvalue weighted by Gasteiger charge is -2.30. The van der Waals surface area contributed by atoms with Crippen LogP contribution in [-0.4, -0.2) is 25.7 Å². The summed E-state index contributed by atoms with van der Waals surface area (Å²) in [7, 11) is 0. The largest absolute Gasteiger partial charge is 0.494 e. The minimum atomic E-state index is -0.0836. The van der Waals surface area contributed by atoms with Crippen LogP contribution in [0.3, 0.4) is 0 Å². The zero-order valence-corrected chi connectivity index (χ0v) is 17.2. The van der Waals surface area contributed by atoms with Gasteiger partial charge in [0.2, 0.25) is 5.91 Å². The highest BCUT2D eigenvalue weighted by Crippen LogP contribution is 2.58. The van der Waals surface area contributed by atoms with Crippen LogP contribution in [0.4, 0.5) is 5.69 Å². The number of hydrogen-bond acceptors (Lipinski definition) is 4. The molecule has 2 heterocycles. The molecule has 1 fully saturated rings. The fourth-order valence-corrected chi connectivity index (χ4v) is 5.84. The molecule has 158 valence electrons. The highest BCUT2D eigenvalue weighted by molar-refractivity contribution is 6.01. The molecule has 0 aliphatic heterocycles. The molecular weight excluding hydrogens is 390 g/mol. The number of rotatable bonds is 3. The molecule has 0 radical (unpaired) electrons. The molecule has 1 unspecified atom stereocenters. The number of carbonyl (C=O) groups is 1. The summed E-state index contributed by atoms with van der Waals surface area (Å²) in [5.74, 6) is 0.826. The number of carbonyl (C=O) groups excluding carboxylic acids is 1. The van der Waals surface area contributed by atoms with Crippen LogP contribution in [0, 0.1) is 5.92 Å². The van der Waals surface area contributed by atoms with Crippen molar-refractivity contribution in [1.82, 2.24) is 9.55 Å². The monoisotopic (exact) mass is 415 g/mol. The fraction of sp³-hybridized carbons (Fsp3) is 0.360. The first-order valence-corrected chi connectivity index (χ1v) is 11.1. The molecule has 6 rings (SSSR count). The molecule has 3 aliphatic rings. The number of benzene rings is 1. The van der Waals surface area contributed by atoms with Gasteiger partial charge in [0, 0.05) is 46.5 Å². The zero-order valence-electron chi connectivity index (χ0n) is 17.2. The van der Waals surface area contributed by atoms with Crippen LogP contribution in [0.15, 0.2) is 48.7 Å². The van der Waals surface area contributed by atoms with E-state index in [4.69, 9.17) is 0 Å². The number of nitrogens with one attached hydrogen (secondary N) is 1. The first-order valence-electron chi connectivity index (χ1n) is 11.1. The van der Waals surface area contributed by atoms with Crippen LogP contribution in [-0.2, 0) is 4.79 Å². The van der Waals surface area contributed by atoms with Crippen LogP contribution in [0.2, 0.25) is 0 Å². The number of anilines is 1. The van der Waals surface area contributed by atoms with E-state index in [9.17, 15) is 15.0 Å². The van der Waals surface area contributed by atoms with E-state index in [0.717, 1.165) is 59.8 Å². The number of allylic oxidation sites excluding steroid dienone is 2. The number of fused-ring (bicyclic) bond motifs is 6. The Bertz CT molecular complexity index is 1180. The molecule has 2 atom stereocenters. The summed E-state index contributed by atoms with van der Waals surface area (Å²) in [5, 5.41) is 25.8. The second kappa shape index (κ2) is 6.87. The van der Waals surface area contributed by atoms with Gasteiger partial charge in [-0.2, -0.15) is 0 Å². The lowest BCUT2D eigenvalue weighted by Crippen LogP contribution is -2.28. The third-order valence-corrected chi connectivity index (χ3v) is 7.38. The maximum Gasteiger partial charge on any atom is 0.227 e. The average molecular weight is 415 g/mol. The van der Waals surface area contributed by atoms with Gasteiger partial charge in [-0.3, -0.25) is 14.3 Å². The summed E-state index contributed by atoms with van der Waals surface area (Å²) < 4.78 is 1.72. The van der Waals surface area contributed by atoms with E-state index < -0.39 is 0 Å². The van der Waals surface area contributed by atoms with Gasteiger partial charge in [-0.1, -0.05) is 30.4 Å². The third kappa shape index (κ3) is 2.77. The predicted octanol–water partition coefficient (Wildman–Crippen LogP) is 4.96. The van der Waals surface area contributed by atoms with E-state index in [-0.39, 0.29) is 41.5 Å². The molecule has 1 amide bonds. The lowest BCUT2D eigenvalue weighted by molar-refractivity contribution is -0.121. The summed E-state index contributed by atoms with van der Waals surface area (Å²) in [6.45, 7) is 0. The molecule has 1 aromatic carbocycles. The molecule has 1 saturated carbocycles. The SMILES string of the molecule is O=C(Nc1cccc2cccnc12)C1CCC(n2c(O)c3c(c2O)[C@@H]2C=CC3C2)CC1. The molecule has 0 saturated heterocycles. The van der Waals surface area contributed by atoms with Crippen LogP contribution >= 0.6 is 0 Å². The van der Waals surface area contributed by atoms with Crippen LogP contribution in [0.5, 0.6) is 11.8 Å². The number of amides is 1. The Morgan fingerprint density at radius 3 is 2.35 bits per heavy atom. The second-order valence-electron chi connectivity index (χ2n) is 9.05. The number of pyridine rings is 1. The van der Waals surface area contributed by atoms with E-state index >= 15 is 0 Å². The molecule has 2 bridgehead atoms. The van der Waals surface area contributed by atoms with E-state index in [0.29, 0.717) is 0 Å². The van der Waals surface area contributed by atoms with Crippen LogP contribution < -0.4 is 5.32 Å². The van der Waals surface area contributed by atoms with E-state index in [1.165, 1.54) is 0 Å². The van der Waals surface area contributed by atoms with E-state index in [1.807, 2.05) is 30.3 Å². The smallest absolute Gasteiger partial charge is 0.227 e. The molecule has 3 N–H and O–H groups in total. The zero-order chi connectivity index (χ0) is 21.1. The molecule has 31 heavy (non-hydrogen) atoms. The summed E-state index contributed by atoms with van der Waals surface area (Å²) in [6, 6.07) is 9.69. The molecule has 6 heteroatoms. The number of aromatic hydroxyl groups is 2. The maximum absolute atomic E-state index is 12.9. The highest BCUT2D eigenvalue weighted by Gasteiger charge is 2.42. The predicted molar refractivity (Wildman–Crippen MR) is 118 cm³/mol. The van der Waals surface area contributed by atoms with Gasteiger partial charge in [0.25, 0.3) is 0 Å². The Balaban J connectivity index is 1.17. The minimum absolute atomic E-state index is 0.0160. The normalized spacial score (nSPS) is 26.3. The van der Waals surface area contributed by atoms with Gasteiger partial charge in [-0.05, 0) is 44.2 Å². The molecule has 3 aliphatic carbocycles. The number of para-hydroxylation sites is 1. The average Bonchev–Trinajstić information content (AvgIpc) is 3.48. The molecular formula is C25H25N3O3. The Kier molecular flexibility index (Phi) is 4.10. The third-order valence-electron chi connectivity index (χ3n) is 7.38. The van der Waals surface area contributed by atoms with E-state index in [2.05, 4.69) is 22.5 Å². The van der Waals surface area contributed by atoms with Crippen molar-refractivity contribution in [2.75, 3.05) is 5.32 Å². The van der Waals surface area contributed by atoms with Crippen molar-refractivity contribution in [3.63, 3.8) is 0 Å². The first kappa shape index (κ1) is 18.5. The van der Waals surface area contributed by atoms with Gasteiger partial charge in [0.05, 0.1) is 11.2 Å². The summed E-state index contributed by atoms with van der Waals surface area (Å²) in [6.07, 6.45) is 9.93. The maximum atomic E-state index is 12.9. The van der Waals surface area contributed by atoms with Gasteiger partial charge in [-0.15, -0.1) is 0 Å². The molecule has 6 nitrogen and oxygen atoms in total. The standard InChI is InChI=1S/C25H25N3O3/c29-23(27-19-5-1-3-14-4-2-12-26-22(14)19)15-8-10-18(11-9-15)28-24(30)20-16-6-7-17(13-16)21(20)25(28)31/h1-7,12,15-18,30-31H,8-11,13H2,(H,27,29)/t15?,16-,17?,18?/m1/s1. The van der Waals surface area contributed by atoms with Crippen LogP contribution in [0.25, 0.3) is 10.9 Å². The van der Waals surface area contributed by atoms with Crippen molar-refractivity contribution in [2.24, 2.45) is 5.92 Å². The Morgan fingerprint density at radius 2 is 1.65 bits per heavy atom. The summed E-state index contributed by atoms with van der Waals surface area (Å²) in [5.41, 5.74) is 3.36. The van der Waals surface area contributed by atoms with Gasteiger partial charge in [0.15, 0.2) is 11.8 Å². The van der Waals surface area contributed by atoms with Crippen molar-refractivity contribution in [2.45, 2.75) is 50.0 Å².